The number of carbonyl (C=O) groups excluding carboxylic acids is 1. The fourth-order valence-electron chi connectivity index (χ4n) is 3.25. The molecule has 7 heteroatoms. The van der Waals surface area contributed by atoms with E-state index in [9.17, 15) is 9.90 Å². The second-order valence-corrected chi connectivity index (χ2v) is 6.45. The van der Waals surface area contributed by atoms with Gasteiger partial charge in [-0.05, 0) is 24.3 Å². The minimum atomic E-state index is -0.0833. The van der Waals surface area contributed by atoms with Crippen molar-refractivity contribution in [2.45, 2.75) is 0 Å². The van der Waals surface area contributed by atoms with E-state index < -0.39 is 0 Å². The molecule has 1 fully saturated rings. The number of benzene rings is 2. The summed E-state index contributed by atoms with van der Waals surface area (Å²) in [6.45, 7) is 3.78. The zero-order valence-electron chi connectivity index (χ0n) is 15.0. The summed E-state index contributed by atoms with van der Waals surface area (Å²) < 4.78 is 16.6. The molecule has 2 aliphatic heterocycles. The van der Waals surface area contributed by atoms with Gasteiger partial charge in [0.05, 0.1) is 0 Å². The van der Waals surface area contributed by atoms with Gasteiger partial charge in [-0.3, -0.25) is 4.79 Å². The summed E-state index contributed by atoms with van der Waals surface area (Å²) >= 11 is 0. The van der Waals surface area contributed by atoms with Crippen molar-refractivity contribution >= 4 is 11.6 Å². The average Bonchev–Trinajstić information content (AvgIpc) is 2.73. The summed E-state index contributed by atoms with van der Waals surface area (Å²) in [6.07, 6.45) is 0. The van der Waals surface area contributed by atoms with Crippen molar-refractivity contribution in [2.75, 3.05) is 50.9 Å². The highest BCUT2D eigenvalue weighted by molar-refractivity contribution is 5.78. The zero-order chi connectivity index (χ0) is 18.6. The minimum Gasteiger partial charge on any atom is -0.504 e. The van der Waals surface area contributed by atoms with Crippen molar-refractivity contribution in [2.24, 2.45) is 0 Å². The third-order valence-electron chi connectivity index (χ3n) is 4.74. The van der Waals surface area contributed by atoms with Crippen LogP contribution in [0.5, 0.6) is 23.0 Å². The number of phenolic OH excluding ortho intramolecular Hbond substituents is 1. The number of amides is 1. The lowest BCUT2D eigenvalue weighted by Crippen LogP contribution is -2.50. The smallest absolute Gasteiger partial charge is 0.260 e. The fraction of sp³-hybridized carbons (Fsp3) is 0.350. The molecule has 0 atom stereocenters. The van der Waals surface area contributed by atoms with Gasteiger partial charge in [-0.25, -0.2) is 0 Å². The Balaban J connectivity index is 1.31. The number of para-hydroxylation sites is 2. The molecule has 0 saturated carbocycles. The molecule has 7 nitrogen and oxygen atoms in total. The molecule has 27 heavy (non-hydrogen) atoms. The first-order valence-corrected chi connectivity index (χ1v) is 9.04. The normalized spacial score (nSPS) is 16.1. The Hall–Kier alpha value is -3.09. The van der Waals surface area contributed by atoms with Crippen LogP contribution in [-0.4, -0.2) is 61.9 Å². The molecule has 0 aromatic heterocycles. The lowest BCUT2D eigenvalue weighted by molar-refractivity contribution is -0.133. The highest BCUT2D eigenvalue weighted by atomic mass is 16.6. The molecule has 1 amide bonds. The van der Waals surface area contributed by atoms with Gasteiger partial charge in [0, 0.05) is 37.9 Å². The molecule has 2 heterocycles. The van der Waals surface area contributed by atoms with Crippen LogP contribution in [0.4, 0.5) is 5.69 Å². The van der Waals surface area contributed by atoms with Crippen LogP contribution in [0.3, 0.4) is 0 Å². The number of piperazine rings is 1. The Morgan fingerprint density at radius 2 is 1.74 bits per heavy atom. The molecule has 2 aromatic carbocycles. The molecule has 0 radical (unpaired) electrons. The summed E-state index contributed by atoms with van der Waals surface area (Å²) in [4.78, 5) is 16.4. The van der Waals surface area contributed by atoms with Crippen LogP contribution in [0, 0.1) is 0 Å². The van der Waals surface area contributed by atoms with Crippen LogP contribution < -0.4 is 19.1 Å². The maximum absolute atomic E-state index is 12.4. The van der Waals surface area contributed by atoms with Crippen LogP contribution in [0.15, 0.2) is 42.5 Å². The number of rotatable bonds is 4. The van der Waals surface area contributed by atoms with E-state index in [1.165, 1.54) is 6.07 Å². The van der Waals surface area contributed by atoms with E-state index >= 15 is 0 Å². The summed E-state index contributed by atoms with van der Waals surface area (Å²) in [5.74, 6) is 1.82. The van der Waals surface area contributed by atoms with E-state index in [2.05, 4.69) is 4.90 Å². The van der Waals surface area contributed by atoms with Crippen LogP contribution in [0.1, 0.15) is 0 Å². The first-order valence-electron chi connectivity index (χ1n) is 9.04. The summed E-state index contributed by atoms with van der Waals surface area (Å²) in [7, 11) is 0. The van der Waals surface area contributed by atoms with Gasteiger partial charge in [-0.1, -0.05) is 12.1 Å². The summed E-state index contributed by atoms with van der Waals surface area (Å²) in [5.41, 5.74) is 1.07. The molecular weight excluding hydrogens is 348 g/mol. The number of carbonyl (C=O) groups is 1. The number of aromatic hydroxyl groups is 1. The molecule has 2 aliphatic rings. The molecule has 1 N–H and O–H groups in total. The number of fused-ring (bicyclic) bond motifs is 1. The standard InChI is InChI=1S/C20H22N2O5/c23-16-3-1-2-4-17(16)27-14-20(24)22-9-7-21(8-10-22)15-5-6-18-19(13-15)26-12-11-25-18/h1-6,13,23H,7-12,14H2. The number of nitrogens with zero attached hydrogens (tertiary/aromatic N) is 2. The van der Waals surface area contributed by atoms with Crippen molar-refractivity contribution in [1.82, 2.24) is 4.90 Å². The van der Waals surface area contributed by atoms with Crippen molar-refractivity contribution in [3.63, 3.8) is 0 Å². The van der Waals surface area contributed by atoms with E-state index in [1.807, 2.05) is 18.2 Å². The molecular formula is C20H22N2O5. The van der Waals surface area contributed by atoms with Crippen molar-refractivity contribution in [1.29, 1.82) is 0 Å². The highest BCUT2D eigenvalue weighted by Crippen LogP contribution is 2.34. The molecule has 0 unspecified atom stereocenters. The Bertz CT molecular complexity index is 818. The fourth-order valence-corrected chi connectivity index (χ4v) is 3.25. The second-order valence-electron chi connectivity index (χ2n) is 6.45. The largest absolute Gasteiger partial charge is 0.504 e. The lowest BCUT2D eigenvalue weighted by Gasteiger charge is -2.36. The zero-order valence-corrected chi connectivity index (χ0v) is 15.0. The monoisotopic (exact) mass is 370 g/mol. The lowest BCUT2D eigenvalue weighted by atomic mass is 10.2. The second kappa shape index (κ2) is 7.65. The topological polar surface area (TPSA) is 71.5 Å². The Morgan fingerprint density at radius 3 is 2.52 bits per heavy atom. The maximum atomic E-state index is 12.4. The van der Waals surface area contributed by atoms with Gasteiger partial charge in [0.15, 0.2) is 29.6 Å². The first kappa shape index (κ1) is 17.3. The van der Waals surface area contributed by atoms with Gasteiger partial charge in [-0.2, -0.15) is 0 Å². The van der Waals surface area contributed by atoms with Gasteiger partial charge in [-0.15, -0.1) is 0 Å². The maximum Gasteiger partial charge on any atom is 0.260 e. The van der Waals surface area contributed by atoms with E-state index in [0.29, 0.717) is 32.1 Å². The molecule has 1 saturated heterocycles. The molecule has 0 bridgehead atoms. The number of phenols is 1. The molecule has 0 aliphatic carbocycles. The number of anilines is 1. The Morgan fingerprint density at radius 1 is 1.00 bits per heavy atom. The molecule has 4 rings (SSSR count). The van der Waals surface area contributed by atoms with Crippen molar-refractivity contribution < 1.29 is 24.1 Å². The molecule has 142 valence electrons. The van der Waals surface area contributed by atoms with E-state index in [1.54, 1.807) is 23.1 Å². The highest BCUT2D eigenvalue weighted by Gasteiger charge is 2.23. The summed E-state index contributed by atoms with van der Waals surface area (Å²) in [6, 6.07) is 12.6. The summed E-state index contributed by atoms with van der Waals surface area (Å²) in [5, 5.41) is 9.70. The Kier molecular flexibility index (Phi) is 4.91. The van der Waals surface area contributed by atoms with Crippen LogP contribution in [0.25, 0.3) is 0 Å². The molecule has 2 aromatic rings. The van der Waals surface area contributed by atoms with Gasteiger partial charge >= 0.3 is 0 Å². The van der Waals surface area contributed by atoms with Crippen molar-refractivity contribution in [3.8, 4) is 23.0 Å². The van der Waals surface area contributed by atoms with Gasteiger partial charge in [0.1, 0.15) is 13.2 Å². The van der Waals surface area contributed by atoms with E-state index in [0.717, 1.165) is 30.3 Å². The predicted octanol–water partition coefficient (Wildman–Crippen LogP) is 1.89. The first-order chi connectivity index (χ1) is 13.2. The number of ether oxygens (including phenoxy) is 3. The van der Waals surface area contributed by atoms with Crippen LogP contribution in [0.2, 0.25) is 0 Å². The van der Waals surface area contributed by atoms with E-state index in [-0.39, 0.29) is 18.3 Å². The SMILES string of the molecule is O=C(COc1ccccc1O)N1CCN(c2ccc3c(c2)OCCO3)CC1. The minimum absolute atomic E-state index is 0.0359. The van der Waals surface area contributed by atoms with Gasteiger partial charge < -0.3 is 29.1 Å². The van der Waals surface area contributed by atoms with Crippen LogP contribution >= 0.6 is 0 Å². The average molecular weight is 370 g/mol. The number of hydrogen-bond acceptors (Lipinski definition) is 6. The van der Waals surface area contributed by atoms with Gasteiger partial charge in [0.25, 0.3) is 5.91 Å². The van der Waals surface area contributed by atoms with E-state index in [4.69, 9.17) is 14.2 Å². The third kappa shape index (κ3) is 3.86. The predicted molar refractivity (Wildman–Crippen MR) is 99.8 cm³/mol. The third-order valence-corrected chi connectivity index (χ3v) is 4.74. The number of hydrogen-bond donors (Lipinski definition) is 1. The van der Waals surface area contributed by atoms with Gasteiger partial charge in [0.2, 0.25) is 0 Å². The van der Waals surface area contributed by atoms with Crippen molar-refractivity contribution in [3.05, 3.63) is 42.5 Å². The molecule has 0 spiro atoms. The van der Waals surface area contributed by atoms with Crippen LogP contribution in [-0.2, 0) is 4.79 Å². The Labute approximate surface area is 157 Å². The quantitative estimate of drug-likeness (QED) is 0.886.